The van der Waals surface area contributed by atoms with Crippen molar-refractivity contribution < 1.29 is 18.3 Å². The van der Waals surface area contributed by atoms with Crippen LogP contribution in [-0.2, 0) is 16.6 Å². The molecule has 28 heavy (non-hydrogen) atoms. The van der Waals surface area contributed by atoms with Crippen LogP contribution in [0.4, 0.5) is 5.82 Å². The van der Waals surface area contributed by atoms with E-state index < -0.39 is 15.9 Å². The molecule has 0 aliphatic carbocycles. The van der Waals surface area contributed by atoms with Crippen molar-refractivity contribution in [2.75, 3.05) is 4.72 Å². The largest absolute Gasteiger partial charge is 0.507 e. The molecule has 1 aromatic heterocycles. The van der Waals surface area contributed by atoms with E-state index in [1.165, 1.54) is 36.5 Å². The number of anilines is 1. The molecule has 0 bridgehead atoms. The maximum absolute atomic E-state index is 12.4. The number of nitrogens with one attached hydrogen (secondary N) is 2. The Morgan fingerprint density at radius 3 is 2.50 bits per heavy atom. The number of hydrogen-bond acceptors (Lipinski definition) is 5. The summed E-state index contributed by atoms with van der Waals surface area (Å²) >= 11 is 5.84. The summed E-state index contributed by atoms with van der Waals surface area (Å²) in [7, 11) is -3.76. The van der Waals surface area contributed by atoms with Crippen LogP contribution in [0.2, 0.25) is 5.02 Å². The van der Waals surface area contributed by atoms with Gasteiger partial charge >= 0.3 is 0 Å². The molecule has 7 nitrogen and oxygen atoms in total. The molecule has 0 spiro atoms. The minimum atomic E-state index is -3.76. The third-order valence-electron chi connectivity index (χ3n) is 3.79. The zero-order valence-electron chi connectivity index (χ0n) is 14.5. The monoisotopic (exact) mass is 417 g/mol. The molecule has 9 heteroatoms. The SMILES string of the molecule is O=C(NCc1ccc(S(=O)(=O)Nc2ccccn2)cc1)c1cc(Cl)ccc1O. The highest BCUT2D eigenvalue weighted by molar-refractivity contribution is 7.92. The minimum Gasteiger partial charge on any atom is -0.507 e. The van der Waals surface area contributed by atoms with Gasteiger partial charge in [-0.15, -0.1) is 0 Å². The van der Waals surface area contributed by atoms with Gasteiger partial charge in [-0.25, -0.2) is 13.4 Å². The van der Waals surface area contributed by atoms with E-state index in [0.717, 1.165) is 0 Å². The Balaban J connectivity index is 1.66. The quantitative estimate of drug-likeness (QED) is 0.570. The second-order valence-corrected chi connectivity index (χ2v) is 7.93. The van der Waals surface area contributed by atoms with Gasteiger partial charge in [0, 0.05) is 17.8 Å². The second-order valence-electron chi connectivity index (χ2n) is 5.81. The van der Waals surface area contributed by atoms with Crippen molar-refractivity contribution in [1.82, 2.24) is 10.3 Å². The molecule has 3 N–H and O–H groups in total. The Kier molecular flexibility index (Phi) is 5.81. The first-order chi connectivity index (χ1) is 13.3. The normalized spacial score (nSPS) is 11.0. The number of carbonyl (C=O) groups excluding carboxylic acids is 1. The average Bonchev–Trinajstić information content (AvgIpc) is 2.69. The summed E-state index contributed by atoms with van der Waals surface area (Å²) in [5.41, 5.74) is 0.748. The van der Waals surface area contributed by atoms with Crippen LogP contribution in [0.25, 0.3) is 0 Å². The first kappa shape index (κ1) is 19.7. The number of pyridine rings is 1. The molecular weight excluding hydrogens is 402 g/mol. The molecule has 2 aromatic carbocycles. The second kappa shape index (κ2) is 8.28. The van der Waals surface area contributed by atoms with Gasteiger partial charge in [-0.3, -0.25) is 9.52 Å². The van der Waals surface area contributed by atoms with Gasteiger partial charge in [-0.2, -0.15) is 0 Å². The molecular formula is C19H16ClN3O4S. The van der Waals surface area contributed by atoms with Crippen molar-refractivity contribution in [2.24, 2.45) is 0 Å². The Morgan fingerprint density at radius 2 is 1.82 bits per heavy atom. The molecule has 0 aliphatic rings. The lowest BCUT2D eigenvalue weighted by atomic mass is 10.1. The Bertz CT molecular complexity index is 1090. The molecule has 3 rings (SSSR count). The van der Waals surface area contributed by atoms with Gasteiger partial charge < -0.3 is 10.4 Å². The van der Waals surface area contributed by atoms with Crippen molar-refractivity contribution in [3.05, 3.63) is 83.0 Å². The van der Waals surface area contributed by atoms with E-state index in [0.29, 0.717) is 10.6 Å². The van der Waals surface area contributed by atoms with Gasteiger partial charge in [-0.1, -0.05) is 29.8 Å². The average molecular weight is 418 g/mol. The van der Waals surface area contributed by atoms with Gasteiger partial charge in [0.2, 0.25) is 0 Å². The summed E-state index contributed by atoms with van der Waals surface area (Å²) in [5, 5.41) is 12.7. The first-order valence-electron chi connectivity index (χ1n) is 8.15. The van der Waals surface area contributed by atoms with Crippen molar-refractivity contribution >= 4 is 33.3 Å². The Hall–Kier alpha value is -3.10. The van der Waals surface area contributed by atoms with Gasteiger partial charge in [0.1, 0.15) is 11.6 Å². The summed E-state index contributed by atoms with van der Waals surface area (Å²) in [5.74, 6) is -0.447. The fourth-order valence-electron chi connectivity index (χ4n) is 2.37. The highest BCUT2D eigenvalue weighted by Gasteiger charge is 2.15. The molecule has 3 aromatic rings. The molecule has 0 unspecified atom stereocenters. The predicted molar refractivity (Wildman–Crippen MR) is 106 cm³/mol. The standard InChI is InChI=1S/C19H16ClN3O4S/c20-14-6-9-17(24)16(11-14)19(25)22-12-13-4-7-15(8-5-13)28(26,27)23-18-3-1-2-10-21-18/h1-11,24H,12H2,(H,21,23)(H,22,25). The van der Waals surface area contributed by atoms with Crippen molar-refractivity contribution in [3.63, 3.8) is 0 Å². The van der Waals surface area contributed by atoms with E-state index in [2.05, 4.69) is 15.0 Å². The van der Waals surface area contributed by atoms with E-state index in [-0.39, 0.29) is 28.6 Å². The van der Waals surface area contributed by atoms with E-state index in [9.17, 15) is 18.3 Å². The zero-order chi connectivity index (χ0) is 20.1. The topological polar surface area (TPSA) is 108 Å². The summed E-state index contributed by atoms with van der Waals surface area (Å²) in [6.07, 6.45) is 1.49. The van der Waals surface area contributed by atoms with Gasteiger partial charge in [0.05, 0.1) is 10.5 Å². The first-order valence-corrected chi connectivity index (χ1v) is 10.0. The molecule has 1 heterocycles. The van der Waals surface area contributed by atoms with Crippen molar-refractivity contribution in [1.29, 1.82) is 0 Å². The molecule has 144 valence electrons. The minimum absolute atomic E-state index is 0.0614. The summed E-state index contributed by atoms with van der Waals surface area (Å²) in [6, 6.07) is 15.1. The number of aromatic hydroxyl groups is 1. The van der Waals surface area contributed by atoms with Crippen LogP contribution in [-0.4, -0.2) is 24.4 Å². The lowest BCUT2D eigenvalue weighted by Crippen LogP contribution is -2.23. The van der Waals surface area contributed by atoms with Crippen LogP contribution in [0.5, 0.6) is 5.75 Å². The maximum atomic E-state index is 12.4. The molecule has 0 fully saturated rings. The summed E-state index contributed by atoms with van der Waals surface area (Å²) < 4.78 is 27.1. The lowest BCUT2D eigenvalue weighted by molar-refractivity contribution is 0.0948. The number of hydrogen-bond donors (Lipinski definition) is 3. The number of amides is 1. The van der Waals surface area contributed by atoms with E-state index in [1.54, 1.807) is 30.3 Å². The molecule has 0 radical (unpaired) electrons. The van der Waals surface area contributed by atoms with Gasteiger partial charge in [0.15, 0.2) is 0 Å². The van der Waals surface area contributed by atoms with Crippen LogP contribution in [0, 0.1) is 0 Å². The highest BCUT2D eigenvalue weighted by atomic mass is 35.5. The molecule has 0 saturated heterocycles. The third-order valence-corrected chi connectivity index (χ3v) is 5.40. The van der Waals surface area contributed by atoms with Crippen LogP contribution in [0.15, 0.2) is 71.8 Å². The molecule has 0 atom stereocenters. The third kappa shape index (κ3) is 4.79. The Labute approximate surface area is 167 Å². The van der Waals surface area contributed by atoms with Crippen LogP contribution >= 0.6 is 11.6 Å². The fourth-order valence-corrected chi connectivity index (χ4v) is 3.55. The smallest absolute Gasteiger partial charge is 0.263 e. The summed E-state index contributed by atoms with van der Waals surface area (Å²) in [4.78, 5) is 16.2. The summed E-state index contributed by atoms with van der Waals surface area (Å²) in [6.45, 7) is 0.152. The van der Waals surface area contributed by atoms with Crippen LogP contribution < -0.4 is 10.0 Å². The van der Waals surface area contributed by atoms with Crippen molar-refractivity contribution in [3.8, 4) is 5.75 Å². The highest BCUT2D eigenvalue weighted by Crippen LogP contribution is 2.21. The number of phenols is 1. The zero-order valence-corrected chi connectivity index (χ0v) is 16.0. The van der Waals surface area contributed by atoms with E-state index >= 15 is 0 Å². The number of aromatic nitrogens is 1. The number of phenolic OH excluding ortho intramolecular Hbond substituents is 1. The van der Waals surface area contributed by atoms with Crippen LogP contribution in [0.1, 0.15) is 15.9 Å². The number of benzene rings is 2. The number of nitrogens with zero attached hydrogens (tertiary/aromatic N) is 1. The van der Waals surface area contributed by atoms with Crippen molar-refractivity contribution in [2.45, 2.75) is 11.4 Å². The maximum Gasteiger partial charge on any atom is 0.263 e. The number of carbonyl (C=O) groups is 1. The molecule has 1 amide bonds. The van der Waals surface area contributed by atoms with Gasteiger partial charge in [0.25, 0.3) is 15.9 Å². The number of halogens is 1. The van der Waals surface area contributed by atoms with Gasteiger partial charge in [-0.05, 0) is 48.0 Å². The number of sulfonamides is 1. The van der Waals surface area contributed by atoms with Crippen LogP contribution in [0.3, 0.4) is 0 Å². The lowest BCUT2D eigenvalue weighted by Gasteiger charge is -2.09. The number of rotatable bonds is 6. The van der Waals surface area contributed by atoms with E-state index in [1.807, 2.05) is 0 Å². The predicted octanol–water partition coefficient (Wildman–Crippen LogP) is 3.17. The van der Waals surface area contributed by atoms with E-state index in [4.69, 9.17) is 11.6 Å². The molecule has 0 saturated carbocycles. The fraction of sp³-hybridized carbons (Fsp3) is 0.0526. The Morgan fingerprint density at radius 1 is 1.07 bits per heavy atom. The molecule has 0 aliphatic heterocycles.